The minimum Gasteiger partial charge on any atom is -0.481 e. The van der Waals surface area contributed by atoms with Crippen molar-refractivity contribution in [1.82, 2.24) is 9.97 Å². The van der Waals surface area contributed by atoms with Gasteiger partial charge in [-0.3, -0.25) is 14.9 Å². The van der Waals surface area contributed by atoms with E-state index in [-0.39, 0.29) is 12.1 Å². The van der Waals surface area contributed by atoms with Crippen molar-refractivity contribution in [3.05, 3.63) is 38.5 Å². The van der Waals surface area contributed by atoms with E-state index in [2.05, 4.69) is 9.97 Å². The highest BCUT2D eigenvalue weighted by molar-refractivity contribution is 8.01. The van der Waals surface area contributed by atoms with Gasteiger partial charge in [0.25, 0.3) is 5.69 Å². The lowest BCUT2D eigenvalue weighted by Gasteiger charge is -2.01. The van der Waals surface area contributed by atoms with Gasteiger partial charge in [-0.15, -0.1) is 11.3 Å². The minimum atomic E-state index is -0.900. The van der Waals surface area contributed by atoms with Crippen LogP contribution in [0.3, 0.4) is 0 Å². The van der Waals surface area contributed by atoms with E-state index in [9.17, 15) is 14.9 Å². The Kier molecular flexibility index (Phi) is 4.53. The van der Waals surface area contributed by atoms with Crippen LogP contribution in [0, 0.1) is 24.0 Å². The average Bonchev–Trinajstić information content (AvgIpc) is 2.71. The first-order valence-corrected chi connectivity index (χ1v) is 7.47. The highest BCUT2D eigenvalue weighted by Crippen LogP contribution is 2.34. The summed E-state index contributed by atoms with van der Waals surface area (Å²) in [7, 11) is 0. The zero-order valence-corrected chi connectivity index (χ0v) is 12.8. The molecule has 21 heavy (non-hydrogen) atoms. The van der Waals surface area contributed by atoms with Gasteiger partial charge in [0.15, 0.2) is 4.34 Å². The smallest absolute Gasteiger partial charge is 0.308 e. The van der Waals surface area contributed by atoms with Crippen LogP contribution in [0.25, 0.3) is 0 Å². The summed E-state index contributed by atoms with van der Waals surface area (Å²) in [6.45, 7) is 3.50. The molecule has 1 N–H and O–H groups in total. The average molecular weight is 325 g/mol. The quantitative estimate of drug-likeness (QED) is 0.665. The number of rotatable bonds is 5. The maximum atomic E-state index is 10.7. The van der Waals surface area contributed by atoms with Gasteiger partial charge < -0.3 is 5.11 Å². The SMILES string of the molecule is Cc1cc([N+](=O)[O-])cnc1Sc1nc(C)c(CC(=O)O)s1. The molecule has 110 valence electrons. The monoisotopic (exact) mass is 325 g/mol. The minimum absolute atomic E-state index is 0.0567. The number of nitrogens with zero attached hydrogens (tertiary/aromatic N) is 3. The Balaban J connectivity index is 2.22. The molecule has 2 heterocycles. The van der Waals surface area contributed by atoms with Crippen LogP contribution in [0.4, 0.5) is 5.69 Å². The normalized spacial score (nSPS) is 10.6. The number of carbonyl (C=O) groups is 1. The van der Waals surface area contributed by atoms with Gasteiger partial charge in [0, 0.05) is 10.9 Å². The van der Waals surface area contributed by atoms with Crippen molar-refractivity contribution >= 4 is 34.8 Å². The van der Waals surface area contributed by atoms with E-state index in [1.165, 1.54) is 35.4 Å². The van der Waals surface area contributed by atoms with Crippen LogP contribution in [0.1, 0.15) is 16.1 Å². The third-order valence-electron chi connectivity index (χ3n) is 2.60. The fourth-order valence-electron chi connectivity index (χ4n) is 1.58. The van der Waals surface area contributed by atoms with Crippen LogP contribution in [-0.2, 0) is 11.2 Å². The maximum absolute atomic E-state index is 10.7. The summed E-state index contributed by atoms with van der Waals surface area (Å²) in [5.41, 5.74) is 1.31. The number of pyridine rings is 1. The van der Waals surface area contributed by atoms with Crippen molar-refractivity contribution in [2.75, 3.05) is 0 Å². The number of thiazole rings is 1. The molecular formula is C12H11N3O4S2. The van der Waals surface area contributed by atoms with Crippen molar-refractivity contribution in [2.45, 2.75) is 29.6 Å². The number of aliphatic carboxylic acids is 1. The summed E-state index contributed by atoms with van der Waals surface area (Å²) in [4.78, 5) is 30.0. The number of nitro groups is 1. The molecule has 0 bridgehead atoms. The molecular weight excluding hydrogens is 314 g/mol. The third-order valence-corrected chi connectivity index (χ3v) is 4.93. The van der Waals surface area contributed by atoms with Crippen LogP contribution < -0.4 is 0 Å². The standard InChI is InChI=1S/C12H11N3O4S2/c1-6-3-8(15(18)19)5-13-11(6)21-12-14-7(2)9(20-12)4-10(16)17/h3,5H,4H2,1-2H3,(H,16,17). The molecule has 9 heteroatoms. The topological polar surface area (TPSA) is 106 Å². The maximum Gasteiger partial charge on any atom is 0.308 e. The molecule has 0 aliphatic heterocycles. The van der Waals surface area contributed by atoms with Crippen LogP contribution >= 0.6 is 23.1 Å². The zero-order valence-electron chi connectivity index (χ0n) is 11.2. The molecule has 0 aromatic carbocycles. The lowest BCUT2D eigenvalue weighted by atomic mass is 10.3. The Morgan fingerprint density at radius 1 is 1.52 bits per heavy atom. The summed E-state index contributed by atoms with van der Waals surface area (Å²) < 4.78 is 0.674. The number of hydrogen-bond acceptors (Lipinski definition) is 7. The fourth-order valence-corrected chi connectivity index (χ4v) is 3.74. The van der Waals surface area contributed by atoms with Gasteiger partial charge in [-0.1, -0.05) is 0 Å². The van der Waals surface area contributed by atoms with E-state index in [1.54, 1.807) is 13.8 Å². The fraction of sp³-hybridized carbons (Fsp3) is 0.250. The van der Waals surface area contributed by atoms with Gasteiger partial charge in [0.2, 0.25) is 0 Å². The van der Waals surface area contributed by atoms with Gasteiger partial charge in [-0.2, -0.15) is 0 Å². The second kappa shape index (κ2) is 6.19. The number of carboxylic acid groups (broad SMARTS) is 1. The van der Waals surface area contributed by atoms with Crippen molar-refractivity contribution < 1.29 is 14.8 Å². The molecule has 0 fully saturated rings. The summed E-state index contributed by atoms with van der Waals surface area (Å²) in [6.07, 6.45) is 1.14. The summed E-state index contributed by atoms with van der Waals surface area (Å²) >= 11 is 2.58. The predicted octanol–water partition coefficient (Wildman–Crippen LogP) is 2.84. The lowest BCUT2D eigenvalue weighted by Crippen LogP contribution is -1.99. The molecule has 0 spiro atoms. The van der Waals surface area contributed by atoms with Gasteiger partial charge in [-0.25, -0.2) is 9.97 Å². The summed E-state index contributed by atoms with van der Waals surface area (Å²) in [5.74, 6) is -0.900. The molecule has 0 saturated heterocycles. The van der Waals surface area contributed by atoms with Crippen LogP contribution in [0.2, 0.25) is 0 Å². The van der Waals surface area contributed by atoms with E-state index in [4.69, 9.17) is 5.11 Å². The molecule has 0 atom stereocenters. The molecule has 0 aliphatic carbocycles. The van der Waals surface area contributed by atoms with Gasteiger partial charge in [-0.05, 0) is 31.2 Å². The number of aromatic nitrogens is 2. The molecule has 2 aromatic rings. The molecule has 2 rings (SSSR count). The first kappa shape index (κ1) is 15.4. The van der Waals surface area contributed by atoms with Crippen LogP contribution in [-0.4, -0.2) is 26.0 Å². The van der Waals surface area contributed by atoms with Gasteiger partial charge >= 0.3 is 5.97 Å². The first-order chi connectivity index (χ1) is 9.86. The second-order valence-corrected chi connectivity index (χ2v) is 6.55. The molecule has 0 saturated carbocycles. The van der Waals surface area contributed by atoms with E-state index < -0.39 is 10.9 Å². The zero-order chi connectivity index (χ0) is 15.6. The molecule has 0 unspecified atom stereocenters. The van der Waals surface area contributed by atoms with Crippen molar-refractivity contribution in [3.8, 4) is 0 Å². The Labute approximate surface area is 128 Å². The number of hydrogen-bond donors (Lipinski definition) is 1. The van der Waals surface area contributed by atoms with E-state index in [0.717, 1.165) is 0 Å². The lowest BCUT2D eigenvalue weighted by molar-refractivity contribution is -0.385. The van der Waals surface area contributed by atoms with Crippen LogP contribution in [0.5, 0.6) is 0 Å². The summed E-state index contributed by atoms with van der Waals surface area (Å²) in [6, 6.07) is 1.45. The van der Waals surface area contributed by atoms with E-state index >= 15 is 0 Å². The molecule has 0 radical (unpaired) electrons. The van der Waals surface area contributed by atoms with Crippen molar-refractivity contribution in [1.29, 1.82) is 0 Å². The first-order valence-electron chi connectivity index (χ1n) is 5.84. The second-order valence-electron chi connectivity index (χ2n) is 4.23. The van der Waals surface area contributed by atoms with E-state index in [1.807, 2.05) is 0 Å². The Bertz CT molecular complexity index is 715. The largest absolute Gasteiger partial charge is 0.481 e. The van der Waals surface area contributed by atoms with E-state index in [0.29, 0.717) is 25.5 Å². The molecule has 7 nitrogen and oxygen atoms in total. The Morgan fingerprint density at radius 2 is 2.24 bits per heavy atom. The Hall–Kier alpha value is -2.00. The molecule has 0 aliphatic rings. The highest BCUT2D eigenvalue weighted by Gasteiger charge is 2.15. The van der Waals surface area contributed by atoms with Gasteiger partial charge in [0.1, 0.15) is 11.2 Å². The number of carboxylic acids is 1. The van der Waals surface area contributed by atoms with Gasteiger partial charge in [0.05, 0.1) is 17.0 Å². The number of aryl methyl sites for hydroxylation is 2. The molecule has 0 amide bonds. The summed E-state index contributed by atoms with van der Waals surface area (Å²) in [5, 5.41) is 20.1. The van der Waals surface area contributed by atoms with Crippen LogP contribution in [0.15, 0.2) is 21.6 Å². The van der Waals surface area contributed by atoms with Crippen molar-refractivity contribution in [2.24, 2.45) is 0 Å². The van der Waals surface area contributed by atoms with Crippen molar-refractivity contribution in [3.63, 3.8) is 0 Å². The predicted molar refractivity (Wildman–Crippen MR) is 77.9 cm³/mol. The molecule has 2 aromatic heterocycles. The highest BCUT2D eigenvalue weighted by atomic mass is 32.2. The third kappa shape index (κ3) is 3.76. The Morgan fingerprint density at radius 3 is 2.81 bits per heavy atom.